The Morgan fingerprint density at radius 1 is 1.08 bits per heavy atom. The van der Waals surface area contributed by atoms with Gasteiger partial charge in [-0.3, -0.25) is 15.2 Å². The first-order chi connectivity index (χ1) is 11.6. The third kappa shape index (κ3) is 3.63. The zero-order valence-corrected chi connectivity index (χ0v) is 14.0. The van der Waals surface area contributed by atoms with Crippen molar-refractivity contribution in [2.24, 2.45) is 11.0 Å². The molecule has 0 aromatic heterocycles. The molecule has 1 fully saturated rings. The Balaban J connectivity index is 1.82. The molecule has 1 aliphatic heterocycles. The van der Waals surface area contributed by atoms with Crippen molar-refractivity contribution < 1.29 is 4.79 Å². The van der Waals surface area contributed by atoms with Gasteiger partial charge < -0.3 is 0 Å². The summed E-state index contributed by atoms with van der Waals surface area (Å²) in [5.74, 6) is 0.0304. The summed E-state index contributed by atoms with van der Waals surface area (Å²) in [6.07, 6.45) is 0.798. The number of anilines is 1. The fraction of sp³-hybridized carbons (Fsp3) is 0.263. The van der Waals surface area contributed by atoms with Crippen LogP contribution in [0.5, 0.6) is 0 Å². The molecule has 5 nitrogen and oxygen atoms in total. The lowest BCUT2D eigenvalue weighted by Gasteiger charge is -2.23. The number of hydrogen-bond acceptors (Lipinski definition) is 4. The molecule has 1 saturated heterocycles. The van der Waals surface area contributed by atoms with Crippen LogP contribution in [0.4, 0.5) is 5.69 Å². The maximum absolute atomic E-state index is 12.7. The zero-order valence-electron chi connectivity index (χ0n) is 14.0. The van der Waals surface area contributed by atoms with Crippen LogP contribution in [0.1, 0.15) is 5.56 Å². The molecule has 124 valence electrons. The van der Waals surface area contributed by atoms with Crippen LogP contribution in [0.15, 0.2) is 65.8 Å². The van der Waals surface area contributed by atoms with Crippen molar-refractivity contribution in [2.75, 3.05) is 26.1 Å². The molecule has 0 saturated carbocycles. The van der Waals surface area contributed by atoms with Gasteiger partial charge in [0.25, 0.3) is 5.91 Å². The van der Waals surface area contributed by atoms with Gasteiger partial charge in [-0.1, -0.05) is 48.5 Å². The van der Waals surface area contributed by atoms with E-state index >= 15 is 0 Å². The second-order valence-corrected chi connectivity index (χ2v) is 6.10. The Labute approximate surface area is 142 Å². The highest BCUT2D eigenvalue weighted by Gasteiger charge is 2.38. The van der Waals surface area contributed by atoms with E-state index in [1.54, 1.807) is 5.01 Å². The monoisotopic (exact) mass is 322 g/mol. The summed E-state index contributed by atoms with van der Waals surface area (Å²) in [5.41, 5.74) is 5.68. The van der Waals surface area contributed by atoms with E-state index in [4.69, 9.17) is 0 Å². The van der Waals surface area contributed by atoms with E-state index in [9.17, 15) is 4.79 Å². The number of hydrazine groups is 1. The van der Waals surface area contributed by atoms with E-state index in [1.807, 2.05) is 67.6 Å². The van der Waals surface area contributed by atoms with Crippen molar-refractivity contribution in [3.05, 3.63) is 66.2 Å². The molecule has 0 aliphatic carbocycles. The van der Waals surface area contributed by atoms with Crippen LogP contribution in [-0.2, 0) is 11.2 Å². The van der Waals surface area contributed by atoms with Crippen LogP contribution in [0.2, 0.25) is 0 Å². The molecular formula is C19H22N4O. The van der Waals surface area contributed by atoms with Gasteiger partial charge in [-0.15, -0.1) is 0 Å². The smallest absolute Gasteiger partial charge is 0.278 e. The molecule has 2 aromatic rings. The Morgan fingerprint density at radius 3 is 2.33 bits per heavy atom. The fourth-order valence-electron chi connectivity index (χ4n) is 2.87. The van der Waals surface area contributed by atoms with Crippen molar-refractivity contribution in [1.29, 1.82) is 0 Å². The quantitative estimate of drug-likeness (QED) is 0.861. The number of nitrogens with zero attached hydrogens (tertiary/aromatic N) is 3. The van der Waals surface area contributed by atoms with E-state index in [0.29, 0.717) is 12.3 Å². The highest BCUT2D eigenvalue weighted by atomic mass is 16.2. The molecule has 0 spiro atoms. The molecule has 3 rings (SSSR count). The van der Waals surface area contributed by atoms with Crippen molar-refractivity contribution >= 4 is 17.3 Å². The lowest BCUT2D eigenvalue weighted by atomic mass is 9.97. The molecule has 5 heteroatoms. The SMILES string of the molecule is CN(C)N1CC(Cc2ccccc2)C(=NNc2ccccc2)C1=O. The largest absolute Gasteiger partial charge is 0.284 e. The van der Waals surface area contributed by atoms with Gasteiger partial charge in [0.2, 0.25) is 0 Å². The molecule has 0 bridgehead atoms. The first-order valence-electron chi connectivity index (χ1n) is 8.07. The normalized spacial score (nSPS) is 19.3. The highest BCUT2D eigenvalue weighted by Crippen LogP contribution is 2.21. The number of carbonyl (C=O) groups is 1. The summed E-state index contributed by atoms with van der Waals surface area (Å²) in [6.45, 7) is 0.649. The number of para-hydroxylation sites is 1. The van der Waals surface area contributed by atoms with E-state index < -0.39 is 0 Å². The molecule has 1 atom stereocenters. The third-order valence-electron chi connectivity index (χ3n) is 4.12. The van der Waals surface area contributed by atoms with Crippen molar-refractivity contribution in [1.82, 2.24) is 10.0 Å². The van der Waals surface area contributed by atoms with Crippen LogP contribution in [0, 0.1) is 5.92 Å². The van der Waals surface area contributed by atoms with Crippen LogP contribution in [-0.4, -0.2) is 42.3 Å². The molecule has 1 amide bonds. The average molecular weight is 322 g/mol. The standard InChI is InChI=1S/C19H22N4O/c1-22(2)23-14-16(13-15-9-5-3-6-10-15)18(19(23)24)21-20-17-11-7-4-8-12-17/h3-12,16,20H,13-14H2,1-2H3. The van der Waals surface area contributed by atoms with Gasteiger partial charge in [0.1, 0.15) is 5.71 Å². The van der Waals surface area contributed by atoms with E-state index in [0.717, 1.165) is 12.1 Å². The Hall–Kier alpha value is -2.66. The number of hydrazone groups is 1. The Morgan fingerprint density at radius 2 is 1.71 bits per heavy atom. The minimum absolute atomic E-state index is 0.0376. The molecule has 1 N–H and O–H groups in total. The maximum atomic E-state index is 12.7. The van der Waals surface area contributed by atoms with Crippen LogP contribution in [0.25, 0.3) is 0 Å². The molecular weight excluding hydrogens is 300 g/mol. The van der Waals surface area contributed by atoms with Gasteiger partial charge >= 0.3 is 0 Å². The van der Waals surface area contributed by atoms with Gasteiger partial charge in [0, 0.05) is 26.6 Å². The van der Waals surface area contributed by atoms with Gasteiger partial charge in [0.15, 0.2) is 0 Å². The topological polar surface area (TPSA) is 47.9 Å². The first kappa shape index (κ1) is 16.2. The molecule has 0 radical (unpaired) electrons. The van der Waals surface area contributed by atoms with Gasteiger partial charge in [-0.05, 0) is 24.1 Å². The summed E-state index contributed by atoms with van der Waals surface area (Å²) in [4.78, 5) is 12.7. The predicted molar refractivity (Wildman–Crippen MR) is 96.5 cm³/mol. The fourth-order valence-corrected chi connectivity index (χ4v) is 2.87. The van der Waals surface area contributed by atoms with Crippen LogP contribution < -0.4 is 5.43 Å². The molecule has 2 aromatic carbocycles. The Kier molecular flexibility index (Phi) is 4.91. The summed E-state index contributed by atoms with van der Waals surface area (Å²) >= 11 is 0. The number of rotatable bonds is 5. The second kappa shape index (κ2) is 7.27. The number of amides is 1. The van der Waals surface area contributed by atoms with Crippen LogP contribution >= 0.6 is 0 Å². The highest BCUT2D eigenvalue weighted by molar-refractivity contribution is 6.41. The van der Waals surface area contributed by atoms with E-state index in [-0.39, 0.29) is 11.8 Å². The Bertz CT molecular complexity index is 713. The average Bonchev–Trinajstić information content (AvgIpc) is 2.91. The maximum Gasteiger partial charge on any atom is 0.284 e. The van der Waals surface area contributed by atoms with Crippen molar-refractivity contribution in [3.8, 4) is 0 Å². The van der Waals surface area contributed by atoms with Gasteiger partial charge in [-0.25, -0.2) is 5.01 Å². The predicted octanol–water partition coefficient (Wildman–Crippen LogP) is 2.63. The molecule has 24 heavy (non-hydrogen) atoms. The number of nitrogens with one attached hydrogen (secondary N) is 1. The van der Waals surface area contributed by atoms with E-state index in [2.05, 4.69) is 22.7 Å². The third-order valence-corrected chi connectivity index (χ3v) is 4.12. The molecule has 1 unspecified atom stereocenters. The van der Waals surface area contributed by atoms with Crippen molar-refractivity contribution in [2.45, 2.75) is 6.42 Å². The summed E-state index contributed by atoms with van der Waals surface area (Å²) in [6, 6.07) is 19.9. The van der Waals surface area contributed by atoms with Crippen molar-refractivity contribution in [3.63, 3.8) is 0 Å². The number of carbonyl (C=O) groups excluding carboxylic acids is 1. The number of hydrogen-bond donors (Lipinski definition) is 1. The van der Waals surface area contributed by atoms with E-state index in [1.165, 1.54) is 5.56 Å². The molecule has 1 heterocycles. The molecule has 1 aliphatic rings. The number of benzene rings is 2. The lowest BCUT2D eigenvalue weighted by molar-refractivity contribution is -0.134. The second-order valence-electron chi connectivity index (χ2n) is 6.10. The summed E-state index contributed by atoms with van der Waals surface area (Å²) < 4.78 is 0. The zero-order chi connectivity index (χ0) is 16.9. The lowest BCUT2D eigenvalue weighted by Crippen LogP contribution is -2.39. The minimum Gasteiger partial charge on any atom is -0.278 e. The first-order valence-corrected chi connectivity index (χ1v) is 8.07. The minimum atomic E-state index is -0.0376. The summed E-state index contributed by atoms with van der Waals surface area (Å²) in [7, 11) is 3.76. The van der Waals surface area contributed by atoms with Gasteiger partial charge in [0.05, 0.1) is 5.69 Å². The summed E-state index contributed by atoms with van der Waals surface area (Å²) in [5, 5.41) is 7.99. The van der Waals surface area contributed by atoms with Gasteiger partial charge in [-0.2, -0.15) is 5.10 Å². The van der Waals surface area contributed by atoms with Crippen LogP contribution in [0.3, 0.4) is 0 Å².